The zero-order chi connectivity index (χ0) is 17.2. The molecule has 25 heavy (non-hydrogen) atoms. The lowest BCUT2D eigenvalue weighted by Crippen LogP contribution is -2.48. The fourth-order valence-corrected chi connectivity index (χ4v) is 3.65. The highest BCUT2D eigenvalue weighted by Gasteiger charge is 2.24. The Hall–Kier alpha value is -2.53. The van der Waals surface area contributed by atoms with E-state index >= 15 is 0 Å². The number of rotatable bonds is 3. The second kappa shape index (κ2) is 6.76. The minimum absolute atomic E-state index is 0.134. The molecule has 0 saturated carbocycles. The highest BCUT2D eigenvalue weighted by atomic mass is 16.5. The number of piperazine rings is 1. The smallest absolute Gasteiger partial charge is 0.253 e. The number of carbonyl (C=O) groups excluding carboxylic acids is 1. The van der Waals surface area contributed by atoms with Crippen molar-refractivity contribution in [2.24, 2.45) is 0 Å². The van der Waals surface area contributed by atoms with Crippen LogP contribution in [0.3, 0.4) is 0 Å². The number of anilines is 1. The first-order valence-corrected chi connectivity index (χ1v) is 8.76. The van der Waals surface area contributed by atoms with Crippen LogP contribution in [0.4, 0.5) is 5.69 Å². The molecule has 5 nitrogen and oxygen atoms in total. The summed E-state index contributed by atoms with van der Waals surface area (Å²) in [4.78, 5) is 17.1. The number of nitrogens with zero attached hydrogens (tertiary/aromatic N) is 2. The lowest BCUT2D eigenvalue weighted by atomic mass is 10.1. The summed E-state index contributed by atoms with van der Waals surface area (Å²) in [6.07, 6.45) is 0. The fourth-order valence-electron chi connectivity index (χ4n) is 3.65. The van der Waals surface area contributed by atoms with Crippen molar-refractivity contribution in [1.29, 1.82) is 0 Å². The molecule has 4 rings (SSSR count). The minimum atomic E-state index is 0.134. The summed E-state index contributed by atoms with van der Waals surface area (Å²) < 4.78 is 5.46. The average molecular weight is 337 g/mol. The van der Waals surface area contributed by atoms with Gasteiger partial charge >= 0.3 is 0 Å². The van der Waals surface area contributed by atoms with Gasteiger partial charge < -0.3 is 19.9 Å². The second-order valence-electron chi connectivity index (χ2n) is 6.54. The number of benzene rings is 2. The van der Waals surface area contributed by atoms with Gasteiger partial charge in [-0.05, 0) is 35.4 Å². The lowest BCUT2D eigenvalue weighted by Gasteiger charge is -2.36. The number of ether oxygens (including phenoxy) is 1. The van der Waals surface area contributed by atoms with Gasteiger partial charge in [-0.3, -0.25) is 4.79 Å². The van der Waals surface area contributed by atoms with Crippen LogP contribution in [0.2, 0.25) is 0 Å². The standard InChI is InChI=1S/C20H23N3O2/c1-25-19-5-3-2-4-18(19)22-8-10-23(11-9-22)20(24)15-6-7-16-13-21-14-17(16)12-15/h2-7,12,21H,8-11,13-14H2,1H3. The second-order valence-corrected chi connectivity index (χ2v) is 6.54. The van der Waals surface area contributed by atoms with Crippen molar-refractivity contribution < 1.29 is 9.53 Å². The predicted octanol–water partition coefficient (Wildman–Crippen LogP) is 2.26. The number of hydrogen-bond acceptors (Lipinski definition) is 4. The highest BCUT2D eigenvalue weighted by Crippen LogP contribution is 2.28. The van der Waals surface area contributed by atoms with Crippen LogP contribution in [0, 0.1) is 0 Å². The first-order chi connectivity index (χ1) is 12.3. The Bertz CT molecular complexity index is 782. The Balaban J connectivity index is 1.44. The van der Waals surface area contributed by atoms with E-state index < -0.39 is 0 Å². The van der Waals surface area contributed by atoms with Crippen LogP contribution in [0.5, 0.6) is 5.75 Å². The molecule has 1 fully saturated rings. The van der Waals surface area contributed by atoms with Gasteiger partial charge in [-0.15, -0.1) is 0 Å². The van der Waals surface area contributed by atoms with Gasteiger partial charge in [-0.25, -0.2) is 0 Å². The van der Waals surface area contributed by atoms with E-state index in [0.717, 1.165) is 56.3 Å². The fraction of sp³-hybridized carbons (Fsp3) is 0.350. The van der Waals surface area contributed by atoms with E-state index in [1.165, 1.54) is 11.1 Å². The summed E-state index contributed by atoms with van der Waals surface area (Å²) in [5.41, 5.74) is 4.45. The minimum Gasteiger partial charge on any atom is -0.495 e. The van der Waals surface area contributed by atoms with Gasteiger partial charge in [0, 0.05) is 44.8 Å². The van der Waals surface area contributed by atoms with Gasteiger partial charge in [0.05, 0.1) is 12.8 Å². The van der Waals surface area contributed by atoms with Crippen molar-refractivity contribution >= 4 is 11.6 Å². The number of hydrogen-bond donors (Lipinski definition) is 1. The molecule has 0 unspecified atom stereocenters. The molecular weight excluding hydrogens is 314 g/mol. The van der Waals surface area contributed by atoms with E-state index in [1.54, 1.807) is 7.11 Å². The zero-order valence-electron chi connectivity index (χ0n) is 14.5. The first-order valence-electron chi connectivity index (χ1n) is 8.76. The Morgan fingerprint density at radius 2 is 1.76 bits per heavy atom. The molecule has 0 aromatic heterocycles. The Kier molecular flexibility index (Phi) is 4.32. The van der Waals surface area contributed by atoms with Crippen molar-refractivity contribution in [2.45, 2.75) is 13.1 Å². The average Bonchev–Trinajstić information content (AvgIpc) is 3.15. The first kappa shape index (κ1) is 16.0. The van der Waals surface area contributed by atoms with Gasteiger partial charge in [-0.1, -0.05) is 18.2 Å². The van der Waals surface area contributed by atoms with Crippen LogP contribution in [0.15, 0.2) is 42.5 Å². The third-order valence-corrected chi connectivity index (χ3v) is 5.08. The number of nitrogens with one attached hydrogen (secondary N) is 1. The van der Waals surface area contributed by atoms with Crippen LogP contribution in [-0.4, -0.2) is 44.1 Å². The number of para-hydroxylation sites is 2. The summed E-state index contributed by atoms with van der Waals surface area (Å²) in [5, 5.41) is 3.32. The topological polar surface area (TPSA) is 44.8 Å². The molecule has 1 amide bonds. The molecule has 0 radical (unpaired) electrons. The van der Waals surface area contributed by atoms with Crippen molar-refractivity contribution in [2.75, 3.05) is 38.2 Å². The third kappa shape index (κ3) is 3.07. The van der Waals surface area contributed by atoms with E-state index in [9.17, 15) is 4.79 Å². The molecule has 2 aromatic carbocycles. The molecule has 2 aliphatic rings. The molecule has 0 bridgehead atoms. The van der Waals surface area contributed by atoms with Gasteiger partial charge in [0.15, 0.2) is 0 Å². The Morgan fingerprint density at radius 3 is 2.56 bits per heavy atom. The number of amides is 1. The van der Waals surface area contributed by atoms with Crippen LogP contribution in [0.1, 0.15) is 21.5 Å². The SMILES string of the molecule is COc1ccccc1N1CCN(C(=O)c2ccc3c(c2)CNC3)CC1. The van der Waals surface area contributed by atoms with Gasteiger partial charge in [0.1, 0.15) is 5.75 Å². The maximum absolute atomic E-state index is 12.8. The predicted molar refractivity (Wildman–Crippen MR) is 98.1 cm³/mol. The largest absolute Gasteiger partial charge is 0.495 e. The Labute approximate surface area is 148 Å². The molecule has 2 aromatic rings. The molecule has 1 saturated heterocycles. The molecule has 1 N–H and O–H groups in total. The number of carbonyl (C=O) groups is 1. The quantitative estimate of drug-likeness (QED) is 0.933. The van der Waals surface area contributed by atoms with E-state index in [1.807, 2.05) is 35.2 Å². The molecule has 0 atom stereocenters. The van der Waals surface area contributed by atoms with Gasteiger partial charge in [-0.2, -0.15) is 0 Å². The van der Waals surface area contributed by atoms with Gasteiger partial charge in [0.25, 0.3) is 5.91 Å². The summed E-state index contributed by atoms with van der Waals surface area (Å²) in [7, 11) is 1.70. The Morgan fingerprint density at radius 1 is 1.00 bits per heavy atom. The molecule has 0 spiro atoms. The van der Waals surface area contributed by atoms with Crippen LogP contribution in [0.25, 0.3) is 0 Å². The lowest BCUT2D eigenvalue weighted by molar-refractivity contribution is 0.0746. The molecular formula is C20H23N3O2. The van der Waals surface area contributed by atoms with Crippen molar-refractivity contribution in [1.82, 2.24) is 10.2 Å². The van der Waals surface area contributed by atoms with Crippen LogP contribution < -0.4 is 15.0 Å². The monoisotopic (exact) mass is 337 g/mol. The van der Waals surface area contributed by atoms with E-state index in [0.29, 0.717) is 0 Å². The van der Waals surface area contributed by atoms with Crippen molar-refractivity contribution in [3.8, 4) is 5.75 Å². The highest BCUT2D eigenvalue weighted by molar-refractivity contribution is 5.94. The van der Waals surface area contributed by atoms with E-state index in [2.05, 4.69) is 22.3 Å². The zero-order valence-corrected chi connectivity index (χ0v) is 14.5. The summed E-state index contributed by atoms with van der Waals surface area (Å²) in [6.45, 7) is 4.86. The molecule has 2 heterocycles. The molecule has 130 valence electrons. The number of fused-ring (bicyclic) bond motifs is 1. The van der Waals surface area contributed by atoms with Crippen molar-refractivity contribution in [3.63, 3.8) is 0 Å². The van der Waals surface area contributed by atoms with E-state index in [-0.39, 0.29) is 5.91 Å². The molecule has 0 aliphatic carbocycles. The van der Waals surface area contributed by atoms with Crippen molar-refractivity contribution in [3.05, 3.63) is 59.2 Å². The maximum atomic E-state index is 12.8. The summed E-state index contributed by atoms with van der Waals surface area (Å²) in [5.74, 6) is 1.02. The van der Waals surface area contributed by atoms with E-state index in [4.69, 9.17) is 4.74 Å². The summed E-state index contributed by atoms with van der Waals surface area (Å²) in [6, 6.07) is 14.1. The normalized spacial score (nSPS) is 16.7. The van der Waals surface area contributed by atoms with Crippen LogP contribution in [-0.2, 0) is 13.1 Å². The molecule has 2 aliphatic heterocycles. The van der Waals surface area contributed by atoms with Gasteiger partial charge in [0.2, 0.25) is 0 Å². The maximum Gasteiger partial charge on any atom is 0.253 e. The summed E-state index contributed by atoms with van der Waals surface area (Å²) >= 11 is 0. The van der Waals surface area contributed by atoms with Crippen LogP contribution >= 0.6 is 0 Å². The number of methoxy groups -OCH3 is 1. The molecule has 5 heteroatoms. The third-order valence-electron chi connectivity index (χ3n) is 5.08.